The Bertz CT molecular complexity index is 369. The van der Waals surface area contributed by atoms with Gasteiger partial charge in [-0.15, -0.1) is 0 Å². The summed E-state index contributed by atoms with van der Waals surface area (Å²) in [7, 11) is 4.05. The normalized spacial score (nSPS) is 16.0. The highest BCUT2D eigenvalue weighted by Gasteiger charge is 2.13. The molecule has 3 heteroatoms. The second-order valence-corrected chi connectivity index (χ2v) is 4.05. The average Bonchev–Trinajstić information content (AvgIpc) is 2.30. The summed E-state index contributed by atoms with van der Waals surface area (Å²) in [6, 6.07) is 4.10. The maximum atomic E-state index is 4.59. The van der Waals surface area contributed by atoms with Gasteiger partial charge in [0.1, 0.15) is 5.82 Å². The van der Waals surface area contributed by atoms with E-state index in [1.165, 1.54) is 24.1 Å². The Morgan fingerprint density at radius 1 is 1.27 bits per heavy atom. The van der Waals surface area contributed by atoms with E-state index in [0.717, 1.165) is 18.8 Å². The maximum absolute atomic E-state index is 4.59. The molecule has 0 bridgehead atoms. The lowest BCUT2D eigenvalue weighted by Gasteiger charge is -2.18. The fraction of sp³-hybridized carbons (Fsp3) is 0.500. The molecule has 80 valence electrons. The Labute approximate surface area is 90.9 Å². The van der Waals surface area contributed by atoms with Gasteiger partial charge < -0.3 is 4.90 Å². The van der Waals surface area contributed by atoms with Crippen molar-refractivity contribution in [1.82, 2.24) is 4.98 Å². The van der Waals surface area contributed by atoms with Crippen LogP contribution in [0.5, 0.6) is 0 Å². The first-order valence-electron chi connectivity index (χ1n) is 5.45. The van der Waals surface area contributed by atoms with Crippen molar-refractivity contribution >= 4 is 11.5 Å². The van der Waals surface area contributed by atoms with Crippen LogP contribution >= 0.6 is 0 Å². The molecule has 0 fully saturated rings. The maximum Gasteiger partial charge on any atom is 0.137 e. The quantitative estimate of drug-likeness (QED) is 0.736. The van der Waals surface area contributed by atoms with Gasteiger partial charge in [0.05, 0.1) is 0 Å². The van der Waals surface area contributed by atoms with E-state index in [1.807, 2.05) is 31.3 Å². The van der Waals surface area contributed by atoms with Crippen LogP contribution < -0.4 is 4.90 Å². The van der Waals surface area contributed by atoms with Crippen molar-refractivity contribution in [2.75, 3.05) is 25.5 Å². The Morgan fingerprint density at radius 3 is 2.80 bits per heavy atom. The van der Waals surface area contributed by atoms with Gasteiger partial charge in [0.25, 0.3) is 0 Å². The molecule has 0 saturated heterocycles. The standard InChI is InChI=1S/C12H17N3/c1-15(2)12-10(6-5-9-14-12)11-7-3-4-8-13-11/h5-6,9H,3-4,7-8H2,1-2H3. The van der Waals surface area contributed by atoms with Crippen LogP contribution in [0.2, 0.25) is 0 Å². The third kappa shape index (κ3) is 2.17. The van der Waals surface area contributed by atoms with E-state index in [4.69, 9.17) is 0 Å². The van der Waals surface area contributed by atoms with E-state index >= 15 is 0 Å². The average molecular weight is 203 g/mol. The molecular formula is C12H17N3. The monoisotopic (exact) mass is 203 g/mol. The lowest BCUT2D eigenvalue weighted by molar-refractivity contribution is 0.738. The molecule has 3 nitrogen and oxygen atoms in total. The Kier molecular flexibility index (Phi) is 2.99. The number of rotatable bonds is 2. The number of hydrogen-bond donors (Lipinski definition) is 0. The SMILES string of the molecule is CN(C)c1ncccc1C1=NCCCC1. The third-order valence-corrected chi connectivity index (χ3v) is 2.65. The van der Waals surface area contributed by atoms with Crippen molar-refractivity contribution < 1.29 is 0 Å². The molecule has 2 rings (SSSR count). The summed E-state index contributed by atoms with van der Waals surface area (Å²) in [6.45, 7) is 0.969. The van der Waals surface area contributed by atoms with Crippen molar-refractivity contribution in [2.45, 2.75) is 19.3 Å². The van der Waals surface area contributed by atoms with Gasteiger partial charge in [-0.2, -0.15) is 0 Å². The number of nitrogens with zero attached hydrogens (tertiary/aromatic N) is 3. The van der Waals surface area contributed by atoms with Gasteiger partial charge in [0.2, 0.25) is 0 Å². The van der Waals surface area contributed by atoms with Crippen molar-refractivity contribution in [3.8, 4) is 0 Å². The van der Waals surface area contributed by atoms with Crippen LogP contribution in [0.1, 0.15) is 24.8 Å². The molecule has 0 aromatic carbocycles. The summed E-state index contributed by atoms with van der Waals surface area (Å²) in [5.41, 5.74) is 2.42. The summed E-state index contributed by atoms with van der Waals surface area (Å²) in [5, 5.41) is 0. The van der Waals surface area contributed by atoms with Crippen molar-refractivity contribution in [3.63, 3.8) is 0 Å². The van der Waals surface area contributed by atoms with Gasteiger partial charge in [-0.3, -0.25) is 4.99 Å². The van der Waals surface area contributed by atoms with E-state index in [2.05, 4.69) is 16.0 Å². The zero-order valence-corrected chi connectivity index (χ0v) is 9.40. The highest BCUT2D eigenvalue weighted by atomic mass is 15.1. The first kappa shape index (κ1) is 10.1. The van der Waals surface area contributed by atoms with E-state index in [9.17, 15) is 0 Å². The third-order valence-electron chi connectivity index (χ3n) is 2.65. The molecule has 0 radical (unpaired) electrons. The molecule has 0 aliphatic carbocycles. The van der Waals surface area contributed by atoms with Crippen LogP contribution in [0.4, 0.5) is 5.82 Å². The lowest BCUT2D eigenvalue weighted by atomic mass is 10.0. The number of hydrogen-bond acceptors (Lipinski definition) is 3. The Balaban J connectivity index is 2.38. The summed E-state index contributed by atoms with van der Waals surface area (Å²) in [4.78, 5) is 11.0. The van der Waals surface area contributed by atoms with Gasteiger partial charge in [0.15, 0.2) is 0 Å². The van der Waals surface area contributed by atoms with E-state index in [1.54, 1.807) is 0 Å². The number of anilines is 1. The summed E-state index contributed by atoms with van der Waals surface area (Å²) in [5.74, 6) is 1.03. The number of aromatic nitrogens is 1. The van der Waals surface area contributed by atoms with Gasteiger partial charge >= 0.3 is 0 Å². The molecule has 0 unspecified atom stereocenters. The van der Waals surface area contributed by atoms with Gasteiger partial charge in [-0.25, -0.2) is 4.98 Å². The molecule has 1 aromatic heterocycles. The first-order chi connectivity index (χ1) is 7.29. The van der Waals surface area contributed by atoms with Crippen LogP contribution in [0.25, 0.3) is 0 Å². The van der Waals surface area contributed by atoms with Crippen LogP contribution in [-0.4, -0.2) is 31.3 Å². The molecule has 15 heavy (non-hydrogen) atoms. The molecule has 0 N–H and O–H groups in total. The number of aliphatic imine (C=N–C) groups is 1. The molecular weight excluding hydrogens is 186 g/mol. The minimum absolute atomic E-state index is 0.969. The zero-order chi connectivity index (χ0) is 10.7. The van der Waals surface area contributed by atoms with Crippen molar-refractivity contribution in [2.24, 2.45) is 4.99 Å². The summed E-state index contributed by atoms with van der Waals surface area (Å²) >= 11 is 0. The minimum atomic E-state index is 0.969. The van der Waals surface area contributed by atoms with Gasteiger partial charge in [-0.05, 0) is 31.4 Å². The molecule has 1 aliphatic heterocycles. The number of pyridine rings is 1. The van der Waals surface area contributed by atoms with Crippen LogP contribution in [-0.2, 0) is 0 Å². The van der Waals surface area contributed by atoms with Crippen LogP contribution in [0.3, 0.4) is 0 Å². The molecule has 0 saturated carbocycles. The Hall–Kier alpha value is -1.38. The van der Waals surface area contributed by atoms with Gasteiger partial charge in [0, 0.05) is 38.1 Å². The topological polar surface area (TPSA) is 28.5 Å². The molecule has 1 aromatic rings. The van der Waals surface area contributed by atoms with Crippen LogP contribution in [0, 0.1) is 0 Å². The van der Waals surface area contributed by atoms with Gasteiger partial charge in [-0.1, -0.05) is 0 Å². The van der Waals surface area contributed by atoms with Crippen LogP contribution in [0.15, 0.2) is 23.3 Å². The lowest BCUT2D eigenvalue weighted by Crippen LogP contribution is -2.17. The summed E-state index contributed by atoms with van der Waals surface area (Å²) < 4.78 is 0. The van der Waals surface area contributed by atoms with E-state index < -0.39 is 0 Å². The van der Waals surface area contributed by atoms with Crippen molar-refractivity contribution in [3.05, 3.63) is 23.9 Å². The predicted molar refractivity (Wildman–Crippen MR) is 63.8 cm³/mol. The minimum Gasteiger partial charge on any atom is -0.362 e. The molecule has 2 heterocycles. The molecule has 0 spiro atoms. The Morgan fingerprint density at radius 2 is 2.13 bits per heavy atom. The predicted octanol–water partition coefficient (Wildman–Crippen LogP) is 2.12. The van der Waals surface area contributed by atoms with Crippen molar-refractivity contribution in [1.29, 1.82) is 0 Å². The second-order valence-electron chi connectivity index (χ2n) is 4.05. The molecule has 0 atom stereocenters. The summed E-state index contributed by atoms with van der Waals surface area (Å²) in [6.07, 6.45) is 5.40. The smallest absolute Gasteiger partial charge is 0.137 e. The molecule has 0 amide bonds. The fourth-order valence-electron chi connectivity index (χ4n) is 1.90. The zero-order valence-electron chi connectivity index (χ0n) is 9.40. The molecule has 1 aliphatic rings. The largest absolute Gasteiger partial charge is 0.362 e. The second kappa shape index (κ2) is 4.43. The van der Waals surface area contributed by atoms with E-state index in [0.29, 0.717) is 0 Å². The highest BCUT2D eigenvalue weighted by molar-refractivity contribution is 6.04. The first-order valence-corrected chi connectivity index (χ1v) is 5.45. The fourth-order valence-corrected chi connectivity index (χ4v) is 1.90. The van der Waals surface area contributed by atoms with E-state index in [-0.39, 0.29) is 0 Å². The highest BCUT2D eigenvalue weighted by Crippen LogP contribution is 2.20.